The Hall–Kier alpha value is -1.82. The van der Waals surface area contributed by atoms with Crippen molar-refractivity contribution in [1.29, 1.82) is 0 Å². The zero-order valence-corrected chi connectivity index (χ0v) is 11.1. The van der Waals surface area contributed by atoms with E-state index in [0.717, 1.165) is 22.1 Å². The molecule has 6 heteroatoms. The minimum atomic E-state index is 0.210. The first-order valence-electron chi connectivity index (χ1n) is 5.65. The van der Waals surface area contributed by atoms with Gasteiger partial charge in [-0.25, -0.2) is 0 Å². The van der Waals surface area contributed by atoms with Gasteiger partial charge in [0.05, 0.1) is 7.11 Å². The first kappa shape index (κ1) is 12.6. The second-order valence-corrected chi connectivity index (χ2v) is 4.76. The van der Waals surface area contributed by atoms with E-state index in [1.807, 2.05) is 19.1 Å². The van der Waals surface area contributed by atoms with E-state index in [9.17, 15) is 5.11 Å². The number of hydrogen-bond donors (Lipinski definition) is 2. The Labute approximate surface area is 109 Å². The third-order valence-electron chi connectivity index (χ3n) is 2.49. The molecule has 0 unspecified atom stereocenters. The number of nitrogens with one attached hydrogen (secondary N) is 1. The second kappa shape index (κ2) is 5.68. The summed E-state index contributed by atoms with van der Waals surface area (Å²) in [7, 11) is 1.57. The number of benzene rings is 1. The van der Waals surface area contributed by atoms with E-state index in [2.05, 4.69) is 15.5 Å². The van der Waals surface area contributed by atoms with Crippen molar-refractivity contribution >= 4 is 16.5 Å². The molecule has 0 aliphatic heterocycles. The molecule has 1 aromatic heterocycles. The standard InChI is InChI=1S/C12H15N3O2S/c1-3-11-14-15-12(18-11)13-7-8-4-5-9(17-2)6-10(8)16/h4-6,16H,3,7H2,1-2H3,(H,13,15). The molecule has 1 heterocycles. The average molecular weight is 265 g/mol. The quantitative estimate of drug-likeness (QED) is 0.869. The van der Waals surface area contributed by atoms with E-state index in [4.69, 9.17) is 4.74 Å². The van der Waals surface area contributed by atoms with E-state index in [1.165, 1.54) is 11.3 Å². The van der Waals surface area contributed by atoms with Gasteiger partial charge in [-0.3, -0.25) is 0 Å². The highest BCUT2D eigenvalue weighted by Crippen LogP contribution is 2.24. The van der Waals surface area contributed by atoms with Crippen molar-refractivity contribution in [3.63, 3.8) is 0 Å². The molecule has 0 radical (unpaired) electrons. The molecular formula is C12H15N3O2S. The summed E-state index contributed by atoms with van der Waals surface area (Å²) in [5, 5.41) is 22.7. The van der Waals surface area contributed by atoms with Gasteiger partial charge in [0.1, 0.15) is 16.5 Å². The van der Waals surface area contributed by atoms with Gasteiger partial charge in [0.25, 0.3) is 0 Å². The van der Waals surface area contributed by atoms with Crippen LogP contribution in [0.5, 0.6) is 11.5 Å². The lowest BCUT2D eigenvalue weighted by Gasteiger charge is -2.07. The van der Waals surface area contributed by atoms with Gasteiger partial charge < -0.3 is 15.2 Å². The third kappa shape index (κ3) is 2.89. The van der Waals surface area contributed by atoms with Gasteiger partial charge in [-0.1, -0.05) is 18.3 Å². The fourth-order valence-electron chi connectivity index (χ4n) is 1.46. The number of aryl methyl sites for hydroxylation is 1. The van der Waals surface area contributed by atoms with Crippen LogP contribution in [0.25, 0.3) is 0 Å². The fraction of sp³-hybridized carbons (Fsp3) is 0.333. The molecule has 0 aliphatic rings. The topological polar surface area (TPSA) is 67.3 Å². The summed E-state index contributed by atoms with van der Waals surface area (Å²) < 4.78 is 5.03. The first-order chi connectivity index (χ1) is 8.72. The highest BCUT2D eigenvalue weighted by Gasteiger charge is 2.05. The number of anilines is 1. The summed E-state index contributed by atoms with van der Waals surface area (Å²) in [5.74, 6) is 0.850. The molecule has 2 aromatic rings. The summed E-state index contributed by atoms with van der Waals surface area (Å²) in [6.45, 7) is 2.55. The van der Waals surface area contributed by atoms with Crippen LogP contribution in [0, 0.1) is 0 Å². The summed E-state index contributed by atoms with van der Waals surface area (Å²) in [4.78, 5) is 0. The molecule has 0 saturated carbocycles. The van der Waals surface area contributed by atoms with Gasteiger partial charge in [-0.05, 0) is 18.6 Å². The van der Waals surface area contributed by atoms with Crippen LogP contribution < -0.4 is 10.1 Å². The van der Waals surface area contributed by atoms with Crippen LogP contribution in [0.4, 0.5) is 5.13 Å². The van der Waals surface area contributed by atoms with Crippen LogP contribution in [-0.2, 0) is 13.0 Å². The highest BCUT2D eigenvalue weighted by atomic mass is 32.1. The van der Waals surface area contributed by atoms with Crippen LogP contribution in [0.3, 0.4) is 0 Å². The van der Waals surface area contributed by atoms with E-state index < -0.39 is 0 Å². The Bertz CT molecular complexity index is 528. The molecule has 1 aromatic carbocycles. The largest absolute Gasteiger partial charge is 0.507 e. The van der Waals surface area contributed by atoms with Crippen LogP contribution in [-0.4, -0.2) is 22.4 Å². The second-order valence-electron chi connectivity index (χ2n) is 3.70. The maximum atomic E-state index is 9.80. The number of hydrogen-bond acceptors (Lipinski definition) is 6. The fourth-order valence-corrected chi connectivity index (χ4v) is 2.13. The molecule has 0 amide bonds. The molecule has 0 fully saturated rings. The number of nitrogens with zero attached hydrogens (tertiary/aromatic N) is 2. The maximum Gasteiger partial charge on any atom is 0.205 e. The lowest BCUT2D eigenvalue weighted by Crippen LogP contribution is -1.99. The molecular weight excluding hydrogens is 250 g/mol. The predicted molar refractivity (Wildman–Crippen MR) is 71.3 cm³/mol. The van der Waals surface area contributed by atoms with E-state index >= 15 is 0 Å². The first-order valence-corrected chi connectivity index (χ1v) is 6.46. The zero-order valence-electron chi connectivity index (χ0n) is 10.3. The number of ether oxygens (including phenoxy) is 1. The van der Waals surface area contributed by atoms with Crippen molar-refractivity contribution in [1.82, 2.24) is 10.2 Å². The normalized spacial score (nSPS) is 10.3. The van der Waals surface area contributed by atoms with E-state index in [-0.39, 0.29) is 5.75 Å². The van der Waals surface area contributed by atoms with Gasteiger partial charge in [-0.15, -0.1) is 10.2 Å². The van der Waals surface area contributed by atoms with Crippen molar-refractivity contribution in [2.45, 2.75) is 19.9 Å². The maximum absolute atomic E-state index is 9.80. The molecule has 0 atom stereocenters. The average Bonchev–Trinajstić information content (AvgIpc) is 2.85. The number of aromatic nitrogens is 2. The Morgan fingerprint density at radius 3 is 2.83 bits per heavy atom. The number of phenolic OH excluding ortho intramolecular Hbond substituents is 1. The van der Waals surface area contributed by atoms with Crippen LogP contribution in [0.15, 0.2) is 18.2 Å². The Kier molecular flexibility index (Phi) is 3.99. The van der Waals surface area contributed by atoms with Crippen molar-refractivity contribution < 1.29 is 9.84 Å². The summed E-state index contributed by atoms with van der Waals surface area (Å²) in [6, 6.07) is 5.23. The Balaban J connectivity index is 2.01. The molecule has 96 valence electrons. The van der Waals surface area contributed by atoms with Gasteiger partial charge in [0.2, 0.25) is 5.13 Å². The number of phenols is 1. The minimum Gasteiger partial charge on any atom is -0.507 e. The van der Waals surface area contributed by atoms with E-state index in [1.54, 1.807) is 13.2 Å². The van der Waals surface area contributed by atoms with Gasteiger partial charge in [0.15, 0.2) is 0 Å². The SMILES string of the molecule is CCc1nnc(NCc2ccc(OC)cc2O)s1. The molecule has 2 rings (SSSR count). The lowest BCUT2D eigenvalue weighted by atomic mass is 10.2. The molecule has 5 nitrogen and oxygen atoms in total. The molecule has 0 aliphatic carbocycles. The molecule has 0 saturated heterocycles. The smallest absolute Gasteiger partial charge is 0.205 e. The molecule has 2 N–H and O–H groups in total. The van der Waals surface area contributed by atoms with Crippen molar-refractivity contribution in [2.75, 3.05) is 12.4 Å². The lowest BCUT2D eigenvalue weighted by molar-refractivity contribution is 0.406. The molecule has 0 spiro atoms. The van der Waals surface area contributed by atoms with Crippen LogP contribution >= 0.6 is 11.3 Å². The third-order valence-corrected chi connectivity index (χ3v) is 3.52. The zero-order chi connectivity index (χ0) is 13.0. The summed E-state index contributed by atoms with van der Waals surface area (Å²) >= 11 is 1.53. The van der Waals surface area contributed by atoms with Gasteiger partial charge in [0, 0.05) is 18.2 Å². The number of aromatic hydroxyl groups is 1. The van der Waals surface area contributed by atoms with Crippen LogP contribution in [0.1, 0.15) is 17.5 Å². The monoisotopic (exact) mass is 265 g/mol. The number of rotatable bonds is 5. The minimum absolute atomic E-state index is 0.210. The van der Waals surface area contributed by atoms with Crippen molar-refractivity contribution in [2.24, 2.45) is 0 Å². The molecule has 0 bridgehead atoms. The highest BCUT2D eigenvalue weighted by molar-refractivity contribution is 7.15. The Morgan fingerprint density at radius 1 is 1.39 bits per heavy atom. The van der Waals surface area contributed by atoms with Gasteiger partial charge >= 0.3 is 0 Å². The molecule has 18 heavy (non-hydrogen) atoms. The van der Waals surface area contributed by atoms with Crippen molar-refractivity contribution in [3.05, 3.63) is 28.8 Å². The predicted octanol–water partition coefficient (Wildman–Crippen LogP) is 2.43. The van der Waals surface area contributed by atoms with E-state index in [0.29, 0.717) is 12.3 Å². The van der Waals surface area contributed by atoms with Crippen LogP contribution in [0.2, 0.25) is 0 Å². The Morgan fingerprint density at radius 2 is 2.22 bits per heavy atom. The summed E-state index contributed by atoms with van der Waals surface area (Å²) in [5.41, 5.74) is 0.795. The van der Waals surface area contributed by atoms with Gasteiger partial charge in [-0.2, -0.15) is 0 Å². The number of methoxy groups -OCH3 is 1. The summed E-state index contributed by atoms with van der Waals surface area (Å²) in [6.07, 6.45) is 0.882. The van der Waals surface area contributed by atoms with Crippen molar-refractivity contribution in [3.8, 4) is 11.5 Å².